The number of nitrogens with zero attached hydrogens (tertiary/aromatic N) is 2. The van der Waals surface area contributed by atoms with Gasteiger partial charge >= 0.3 is 0 Å². The van der Waals surface area contributed by atoms with Gasteiger partial charge in [-0.3, -0.25) is 34.4 Å². The lowest BCUT2D eigenvalue weighted by Crippen LogP contribution is -2.46. The monoisotopic (exact) mass is 678 g/mol. The number of carbonyl (C=O) groups is 4. The number of para-hydroxylation sites is 2. The molecule has 0 saturated heterocycles. The van der Waals surface area contributed by atoms with Crippen molar-refractivity contribution in [2.24, 2.45) is 10.8 Å². The summed E-state index contributed by atoms with van der Waals surface area (Å²) in [5, 5.41) is 18.3. The minimum Gasteiger partial charge on any atom is -0.352 e. The zero-order chi connectivity index (χ0) is 36.1. The third kappa shape index (κ3) is 7.92. The summed E-state index contributed by atoms with van der Waals surface area (Å²) >= 11 is 0. The molecule has 0 aliphatic carbocycles. The molecule has 0 bridgehead atoms. The lowest BCUT2D eigenvalue weighted by atomic mass is 9.73. The van der Waals surface area contributed by atoms with Crippen molar-refractivity contribution in [1.29, 1.82) is 0 Å². The molecular weight excluding hydrogens is 639 g/mol. The van der Waals surface area contributed by atoms with Crippen molar-refractivity contribution in [1.82, 2.24) is 20.8 Å². The molecule has 3 aromatic carbocycles. The van der Waals surface area contributed by atoms with Crippen molar-refractivity contribution < 1.29 is 28.8 Å². The summed E-state index contributed by atoms with van der Waals surface area (Å²) in [6.07, 6.45) is 3.74. The van der Waals surface area contributed by atoms with Gasteiger partial charge in [-0.25, -0.2) is 9.87 Å². The van der Waals surface area contributed by atoms with Gasteiger partial charge in [-0.15, -0.1) is 0 Å². The molecule has 258 valence electrons. The maximum atomic E-state index is 17.4. The molecule has 0 aliphatic rings. The Morgan fingerprint density at radius 1 is 0.700 bits per heavy atom. The van der Waals surface area contributed by atoms with Gasteiger partial charge in [0.05, 0.1) is 22.4 Å². The fraction of sp³-hybridized carbons (Fsp3) is 0.263. The molecule has 0 aliphatic heterocycles. The number of nitrogens with one attached hydrogen (secondary N) is 4. The minimum atomic E-state index is -3.25. The van der Waals surface area contributed by atoms with E-state index in [1.807, 2.05) is 27.7 Å². The van der Waals surface area contributed by atoms with E-state index in [2.05, 4.69) is 25.9 Å². The Morgan fingerprint density at radius 3 is 1.70 bits per heavy atom. The van der Waals surface area contributed by atoms with Crippen LogP contribution in [0.1, 0.15) is 56.5 Å². The Balaban J connectivity index is 1.41. The van der Waals surface area contributed by atoms with Gasteiger partial charge in [-0.2, -0.15) is 0 Å². The highest BCUT2D eigenvalue weighted by atomic mass is 19.1. The van der Waals surface area contributed by atoms with Crippen LogP contribution in [0.3, 0.4) is 0 Å². The van der Waals surface area contributed by atoms with E-state index in [1.165, 1.54) is 24.3 Å². The highest BCUT2D eigenvalue weighted by Gasteiger charge is 2.49. The third-order valence-corrected chi connectivity index (χ3v) is 8.38. The van der Waals surface area contributed by atoms with E-state index in [0.717, 1.165) is 0 Å². The van der Waals surface area contributed by atoms with E-state index < -0.39 is 40.1 Å². The summed E-state index contributed by atoms with van der Waals surface area (Å²) in [6, 6.07) is 22.3. The van der Waals surface area contributed by atoms with Crippen LogP contribution in [0.2, 0.25) is 0 Å². The molecule has 50 heavy (non-hydrogen) atoms. The lowest BCUT2D eigenvalue weighted by molar-refractivity contribution is -0.140. The van der Waals surface area contributed by atoms with Gasteiger partial charge in [-0.1, -0.05) is 76.2 Å². The largest absolute Gasteiger partial charge is 0.352 e. The maximum absolute atomic E-state index is 17.4. The first-order chi connectivity index (χ1) is 23.7. The number of halogens is 1. The van der Waals surface area contributed by atoms with E-state index in [4.69, 9.17) is 5.21 Å². The highest BCUT2D eigenvalue weighted by molar-refractivity contribution is 6.20. The number of fused-ring (bicyclic) bond motifs is 2. The Labute approximate surface area is 288 Å². The first kappa shape index (κ1) is 35.6. The zero-order valence-corrected chi connectivity index (χ0v) is 28.2. The minimum absolute atomic E-state index is 0.0997. The quantitative estimate of drug-likeness (QED) is 0.0588. The molecule has 5 aromatic rings. The maximum Gasteiger partial charge on any atom is 0.291 e. The van der Waals surface area contributed by atoms with Gasteiger partial charge in [0.25, 0.3) is 23.4 Å². The number of hydrogen-bond donors (Lipinski definition) is 5. The van der Waals surface area contributed by atoms with E-state index in [9.17, 15) is 19.2 Å². The summed E-state index contributed by atoms with van der Waals surface area (Å²) in [5.41, 5.74) is -1.33. The van der Waals surface area contributed by atoms with Crippen LogP contribution >= 0.6 is 0 Å². The van der Waals surface area contributed by atoms with E-state index >= 15 is 4.39 Å². The van der Waals surface area contributed by atoms with Gasteiger partial charge in [-0.05, 0) is 53.6 Å². The molecule has 12 heteroatoms. The van der Waals surface area contributed by atoms with Crippen molar-refractivity contribution in [3.8, 4) is 0 Å². The predicted molar refractivity (Wildman–Crippen MR) is 189 cm³/mol. The molecular formula is C38H39FN6O5. The van der Waals surface area contributed by atoms with Crippen LogP contribution < -0.4 is 21.4 Å². The average molecular weight is 679 g/mol. The summed E-state index contributed by atoms with van der Waals surface area (Å²) < 4.78 is 17.4. The molecule has 0 unspecified atom stereocenters. The summed E-state index contributed by atoms with van der Waals surface area (Å²) in [5.74, 6) is -3.45. The number of carbonyl (C=O) groups excluding carboxylic acids is 4. The second-order valence-corrected chi connectivity index (χ2v) is 13.8. The third-order valence-electron chi connectivity index (χ3n) is 8.38. The SMILES string of the molecule is CC(C)(CNC(=O)c1ccc(C(F)(C(=O)Nc2cccc3cccnc23)C(=O)Nc2cccc3cccnc23)cc1)CC(C)(C)CC(=O)NO. The van der Waals surface area contributed by atoms with Crippen molar-refractivity contribution in [3.05, 3.63) is 108 Å². The first-order valence-corrected chi connectivity index (χ1v) is 16.0. The fourth-order valence-corrected chi connectivity index (χ4v) is 6.36. The number of hydroxylamine groups is 1. The van der Waals surface area contributed by atoms with Crippen LogP contribution in [0, 0.1) is 10.8 Å². The van der Waals surface area contributed by atoms with E-state index in [1.54, 1.807) is 78.5 Å². The van der Waals surface area contributed by atoms with Gasteiger partial charge in [0.1, 0.15) is 0 Å². The summed E-state index contributed by atoms with van der Waals surface area (Å²) in [4.78, 5) is 61.3. The van der Waals surface area contributed by atoms with Gasteiger partial charge in [0, 0.05) is 47.3 Å². The van der Waals surface area contributed by atoms with Gasteiger partial charge < -0.3 is 16.0 Å². The smallest absolute Gasteiger partial charge is 0.291 e. The normalized spacial score (nSPS) is 12.0. The average Bonchev–Trinajstić information content (AvgIpc) is 3.09. The number of aromatic nitrogens is 2. The molecule has 0 radical (unpaired) electrons. The van der Waals surface area contributed by atoms with Gasteiger partial charge in [0.15, 0.2) is 0 Å². The van der Waals surface area contributed by atoms with Crippen molar-refractivity contribution in [2.75, 3.05) is 17.2 Å². The highest BCUT2D eigenvalue weighted by Crippen LogP contribution is 2.36. The van der Waals surface area contributed by atoms with Crippen LogP contribution in [0.15, 0.2) is 97.3 Å². The Bertz CT molecular complexity index is 1960. The molecule has 0 fully saturated rings. The van der Waals surface area contributed by atoms with Crippen LogP contribution in [0.5, 0.6) is 0 Å². The molecule has 0 spiro atoms. The van der Waals surface area contributed by atoms with E-state index in [-0.39, 0.29) is 35.5 Å². The lowest BCUT2D eigenvalue weighted by Gasteiger charge is -2.34. The van der Waals surface area contributed by atoms with Crippen LogP contribution in [0.4, 0.5) is 15.8 Å². The van der Waals surface area contributed by atoms with Gasteiger partial charge in [0.2, 0.25) is 5.91 Å². The molecule has 0 atom stereocenters. The number of amides is 4. The number of alkyl halides is 1. The second-order valence-electron chi connectivity index (χ2n) is 13.8. The molecule has 4 amide bonds. The Morgan fingerprint density at radius 2 is 1.20 bits per heavy atom. The van der Waals surface area contributed by atoms with Crippen LogP contribution in [0.25, 0.3) is 21.8 Å². The summed E-state index contributed by atoms with van der Waals surface area (Å²) in [6.45, 7) is 7.94. The predicted octanol–water partition coefficient (Wildman–Crippen LogP) is 6.29. The van der Waals surface area contributed by atoms with Crippen LogP contribution in [-0.4, -0.2) is 45.3 Å². The first-order valence-electron chi connectivity index (χ1n) is 16.0. The number of anilines is 2. The standard InChI is InChI=1S/C38H39FN6O5/c1-36(2,21-30(46)45-50)22-37(3,4)23-42-33(47)26-15-17-27(18-16-26)38(39,34(48)43-28-13-5-9-24-11-7-19-40-31(24)28)35(49)44-29-14-6-10-25-12-8-20-41-32(25)29/h5-20,50H,21-23H2,1-4H3,(H,42,47)(H,43,48)(H,44,49)(H,45,46). The number of rotatable bonds is 12. The molecule has 2 heterocycles. The molecule has 5 N–H and O–H groups in total. The number of benzene rings is 3. The fourth-order valence-electron chi connectivity index (χ4n) is 6.36. The molecule has 0 saturated carbocycles. The Kier molecular flexibility index (Phi) is 10.2. The molecule has 5 rings (SSSR count). The second kappa shape index (κ2) is 14.4. The molecule has 2 aromatic heterocycles. The molecule has 11 nitrogen and oxygen atoms in total. The number of hydrogen-bond acceptors (Lipinski definition) is 7. The number of pyridine rings is 2. The zero-order valence-electron chi connectivity index (χ0n) is 28.2. The topological polar surface area (TPSA) is 162 Å². The Hall–Kier alpha value is -5.75. The summed E-state index contributed by atoms with van der Waals surface area (Å²) in [7, 11) is 0. The van der Waals surface area contributed by atoms with Crippen molar-refractivity contribution >= 4 is 56.8 Å². The van der Waals surface area contributed by atoms with Crippen molar-refractivity contribution in [2.45, 2.75) is 46.2 Å². The van der Waals surface area contributed by atoms with E-state index in [0.29, 0.717) is 28.2 Å². The van der Waals surface area contributed by atoms with Crippen LogP contribution in [-0.2, 0) is 20.1 Å². The van der Waals surface area contributed by atoms with Crippen molar-refractivity contribution in [3.63, 3.8) is 0 Å².